The predicted octanol–water partition coefficient (Wildman–Crippen LogP) is 3.41. The molecule has 0 saturated carbocycles. The number of carbonyl (C=O) groups excluding carboxylic acids is 1. The lowest BCUT2D eigenvalue weighted by molar-refractivity contribution is 0.219. The summed E-state index contributed by atoms with van der Waals surface area (Å²) in [6, 6.07) is 18.4. The lowest BCUT2D eigenvalue weighted by Gasteiger charge is -2.15. The monoisotopic (exact) mass is 411 g/mol. The highest BCUT2D eigenvalue weighted by molar-refractivity contribution is 7.90. The second-order valence-electron chi connectivity index (χ2n) is 7.06. The molecule has 0 radical (unpaired) electrons. The molecule has 1 heterocycles. The Bertz CT molecular complexity index is 1120. The Labute approximate surface area is 171 Å². The van der Waals surface area contributed by atoms with Gasteiger partial charge in [-0.05, 0) is 36.6 Å². The molecule has 7 heteroatoms. The first-order valence-corrected chi connectivity index (χ1v) is 11.2. The number of aromatic nitrogens is 1. The summed E-state index contributed by atoms with van der Waals surface area (Å²) in [7, 11) is -1.93. The summed E-state index contributed by atoms with van der Waals surface area (Å²) < 4.78 is 27.6. The Hall–Kier alpha value is -3.06. The van der Waals surface area contributed by atoms with Crippen LogP contribution in [0.1, 0.15) is 11.3 Å². The second-order valence-corrected chi connectivity index (χ2v) is 8.99. The highest BCUT2D eigenvalue weighted by Crippen LogP contribution is 2.38. The van der Waals surface area contributed by atoms with E-state index in [0.29, 0.717) is 18.5 Å². The van der Waals surface area contributed by atoms with Crippen molar-refractivity contribution < 1.29 is 13.2 Å². The SMILES string of the molecule is Cc1c(CCN(C)C(N)=O)c(-c2ccccc2)c(S(C)(=O)=O)n1-c1ccccc1. The zero-order valence-electron chi connectivity index (χ0n) is 16.8. The van der Waals surface area contributed by atoms with Gasteiger partial charge in [-0.15, -0.1) is 0 Å². The summed E-state index contributed by atoms with van der Waals surface area (Å²) in [6.07, 6.45) is 1.71. The van der Waals surface area contributed by atoms with E-state index in [2.05, 4.69) is 0 Å². The zero-order chi connectivity index (χ0) is 21.2. The van der Waals surface area contributed by atoms with E-state index in [-0.39, 0.29) is 5.03 Å². The number of primary amides is 1. The van der Waals surface area contributed by atoms with E-state index in [1.54, 1.807) is 11.6 Å². The zero-order valence-corrected chi connectivity index (χ0v) is 17.6. The number of benzene rings is 2. The van der Waals surface area contributed by atoms with Crippen molar-refractivity contribution in [2.24, 2.45) is 5.73 Å². The van der Waals surface area contributed by atoms with Crippen LogP contribution >= 0.6 is 0 Å². The van der Waals surface area contributed by atoms with E-state index in [0.717, 1.165) is 22.5 Å². The van der Waals surface area contributed by atoms with Crippen molar-refractivity contribution in [2.75, 3.05) is 19.8 Å². The van der Waals surface area contributed by atoms with Gasteiger partial charge in [-0.1, -0.05) is 48.5 Å². The Kier molecular flexibility index (Phi) is 5.79. The van der Waals surface area contributed by atoms with Crippen molar-refractivity contribution in [3.05, 3.63) is 71.9 Å². The molecular formula is C22H25N3O3S. The molecule has 0 spiro atoms. The van der Waals surface area contributed by atoms with Gasteiger partial charge in [0.2, 0.25) is 0 Å². The minimum atomic E-state index is -3.56. The van der Waals surface area contributed by atoms with Crippen LogP contribution in [-0.2, 0) is 16.3 Å². The number of hydrogen-bond acceptors (Lipinski definition) is 3. The van der Waals surface area contributed by atoms with E-state index in [1.165, 1.54) is 11.2 Å². The van der Waals surface area contributed by atoms with Crippen molar-refractivity contribution in [3.8, 4) is 16.8 Å². The molecule has 0 saturated heterocycles. The van der Waals surface area contributed by atoms with Gasteiger partial charge in [0.05, 0.1) is 0 Å². The molecule has 0 unspecified atom stereocenters. The fourth-order valence-corrected chi connectivity index (χ4v) is 4.73. The molecule has 1 aromatic heterocycles. The molecule has 2 aromatic carbocycles. The number of sulfone groups is 1. The van der Waals surface area contributed by atoms with Crippen LogP contribution in [0.2, 0.25) is 0 Å². The van der Waals surface area contributed by atoms with E-state index in [1.807, 2.05) is 67.6 Å². The molecule has 2 N–H and O–H groups in total. The third kappa shape index (κ3) is 4.19. The van der Waals surface area contributed by atoms with Crippen LogP contribution in [0.25, 0.3) is 16.8 Å². The molecule has 0 fully saturated rings. The lowest BCUT2D eigenvalue weighted by Crippen LogP contribution is -2.33. The average Bonchev–Trinajstić information content (AvgIpc) is 3.00. The van der Waals surface area contributed by atoms with Crippen LogP contribution in [0.15, 0.2) is 65.7 Å². The molecule has 3 rings (SSSR count). The molecule has 0 aliphatic rings. The van der Waals surface area contributed by atoms with Gasteiger partial charge in [0.1, 0.15) is 5.03 Å². The maximum atomic E-state index is 12.9. The van der Waals surface area contributed by atoms with Crippen molar-refractivity contribution in [3.63, 3.8) is 0 Å². The molecule has 0 aliphatic heterocycles. The number of carbonyl (C=O) groups is 1. The first-order valence-electron chi connectivity index (χ1n) is 9.27. The number of para-hydroxylation sites is 1. The number of urea groups is 1. The summed E-state index contributed by atoms with van der Waals surface area (Å²) in [5.41, 5.74) is 9.35. The first kappa shape index (κ1) is 20.7. The van der Waals surface area contributed by atoms with E-state index in [4.69, 9.17) is 5.73 Å². The molecule has 0 aliphatic carbocycles. The fourth-order valence-electron chi connectivity index (χ4n) is 3.55. The minimum absolute atomic E-state index is 0.254. The summed E-state index contributed by atoms with van der Waals surface area (Å²) >= 11 is 0. The van der Waals surface area contributed by atoms with Crippen LogP contribution in [0.4, 0.5) is 4.79 Å². The average molecular weight is 412 g/mol. The quantitative estimate of drug-likeness (QED) is 0.674. The Morgan fingerprint density at radius 1 is 1.03 bits per heavy atom. The summed E-state index contributed by atoms with van der Waals surface area (Å²) in [4.78, 5) is 12.9. The molecular weight excluding hydrogens is 386 g/mol. The van der Waals surface area contributed by atoms with Crippen molar-refractivity contribution in [2.45, 2.75) is 18.4 Å². The highest BCUT2D eigenvalue weighted by Gasteiger charge is 2.28. The maximum absolute atomic E-state index is 12.9. The smallest absolute Gasteiger partial charge is 0.314 e. The van der Waals surface area contributed by atoms with Gasteiger partial charge >= 0.3 is 6.03 Å². The van der Waals surface area contributed by atoms with Gasteiger partial charge in [-0.25, -0.2) is 13.2 Å². The van der Waals surface area contributed by atoms with Gasteiger partial charge in [0.15, 0.2) is 9.84 Å². The Balaban J connectivity index is 2.32. The van der Waals surface area contributed by atoms with Crippen LogP contribution < -0.4 is 5.73 Å². The fraction of sp³-hybridized carbons (Fsp3) is 0.227. The predicted molar refractivity (Wildman–Crippen MR) is 115 cm³/mol. The number of nitrogens with two attached hydrogens (primary N) is 1. The summed E-state index contributed by atoms with van der Waals surface area (Å²) in [5, 5.41) is 0.254. The Morgan fingerprint density at radius 2 is 1.59 bits per heavy atom. The van der Waals surface area contributed by atoms with Gasteiger partial charge in [-0.3, -0.25) is 0 Å². The number of likely N-dealkylation sites (N-methyl/N-ethyl adjacent to an activating group) is 1. The standard InChI is InChI=1S/C22H25N3O3S/c1-16-19(14-15-24(2)22(23)26)20(17-10-6-4-7-11-17)21(29(3,27)28)25(16)18-12-8-5-9-13-18/h4-13H,14-15H2,1-3H3,(H2,23,26). The molecule has 29 heavy (non-hydrogen) atoms. The van der Waals surface area contributed by atoms with Crippen LogP contribution in [0, 0.1) is 6.92 Å². The molecule has 0 atom stereocenters. The minimum Gasteiger partial charge on any atom is -0.351 e. The van der Waals surface area contributed by atoms with Gasteiger partial charge in [-0.2, -0.15) is 0 Å². The van der Waals surface area contributed by atoms with Crippen LogP contribution in [0.5, 0.6) is 0 Å². The van der Waals surface area contributed by atoms with Gasteiger partial charge in [0, 0.05) is 36.8 Å². The van der Waals surface area contributed by atoms with E-state index in [9.17, 15) is 13.2 Å². The third-order valence-electron chi connectivity index (χ3n) is 4.99. The number of amides is 2. The third-order valence-corrected chi connectivity index (χ3v) is 6.08. The number of nitrogens with zero attached hydrogens (tertiary/aromatic N) is 2. The van der Waals surface area contributed by atoms with Crippen LogP contribution in [0.3, 0.4) is 0 Å². The Morgan fingerprint density at radius 3 is 2.10 bits per heavy atom. The number of rotatable bonds is 6. The molecule has 0 bridgehead atoms. The van der Waals surface area contributed by atoms with Crippen molar-refractivity contribution in [1.82, 2.24) is 9.47 Å². The summed E-state index contributed by atoms with van der Waals surface area (Å²) in [6.45, 7) is 2.30. The van der Waals surface area contributed by atoms with E-state index >= 15 is 0 Å². The topological polar surface area (TPSA) is 85.4 Å². The van der Waals surface area contributed by atoms with Gasteiger partial charge in [0.25, 0.3) is 0 Å². The molecule has 2 amide bonds. The van der Waals surface area contributed by atoms with Crippen molar-refractivity contribution >= 4 is 15.9 Å². The van der Waals surface area contributed by atoms with Gasteiger partial charge < -0.3 is 15.2 Å². The first-order chi connectivity index (χ1) is 13.7. The maximum Gasteiger partial charge on any atom is 0.314 e. The normalized spacial score (nSPS) is 11.4. The van der Waals surface area contributed by atoms with E-state index < -0.39 is 15.9 Å². The van der Waals surface area contributed by atoms with Crippen molar-refractivity contribution in [1.29, 1.82) is 0 Å². The van der Waals surface area contributed by atoms with Crippen LogP contribution in [-0.4, -0.2) is 43.8 Å². The largest absolute Gasteiger partial charge is 0.351 e. The highest BCUT2D eigenvalue weighted by atomic mass is 32.2. The molecule has 6 nitrogen and oxygen atoms in total. The molecule has 3 aromatic rings. The number of hydrogen-bond donors (Lipinski definition) is 1. The molecule has 152 valence electrons. The summed E-state index contributed by atoms with van der Waals surface area (Å²) in [5.74, 6) is 0. The lowest BCUT2D eigenvalue weighted by atomic mass is 10.0. The second kappa shape index (κ2) is 8.13.